The molecule has 1 atom stereocenters. The van der Waals surface area contributed by atoms with E-state index in [2.05, 4.69) is 27.2 Å². The normalized spacial score (nSPS) is 26.9. The van der Waals surface area contributed by atoms with Crippen LogP contribution in [-0.2, 0) is 9.84 Å². The SMILES string of the molecule is CCS(=O)(=O)C1CC2(CC(CNc3nc4cnc(-c5c(C)ncnc5C5CC5)nc4n([C@@H](C)C4CC4)c3=O)C2)C1. The summed E-state index contributed by atoms with van der Waals surface area (Å²) in [6.45, 7) is 6.45. The molecule has 3 aromatic rings. The molecule has 0 aromatic carbocycles. The van der Waals surface area contributed by atoms with Crippen molar-refractivity contribution < 1.29 is 8.42 Å². The molecule has 0 unspecified atom stereocenters. The maximum absolute atomic E-state index is 13.8. The Kier molecular flexibility index (Phi) is 6.03. The van der Waals surface area contributed by atoms with Gasteiger partial charge in [0.15, 0.2) is 27.1 Å². The average molecular weight is 564 g/mol. The van der Waals surface area contributed by atoms with Gasteiger partial charge >= 0.3 is 0 Å². The van der Waals surface area contributed by atoms with Gasteiger partial charge in [-0.1, -0.05) is 6.92 Å². The molecule has 0 bridgehead atoms. The van der Waals surface area contributed by atoms with Gasteiger partial charge in [-0.3, -0.25) is 9.36 Å². The zero-order valence-electron chi connectivity index (χ0n) is 23.4. The van der Waals surface area contributed by atoms with Crippen molar-refractivity contribution in [3.05, 3.63) is 34.3 Å². The van der Waals surface area contributed by atoms with Crippen LogP contribution in [0.2, 0.25) is 0 Å². The van der Waals surface area contributed by atoms with Crippen LogP contribution in [0.25, 0.3) is 22.6 Å². The summed E-state index contributed by atoms with van der Waals surface area (Å²) in [5, 5.41) is 3.18. The molecule has 1 spiro atoms. The molecular weight excluding hydrogens is 526 g/mol. The predicted molar refractivity (Wildman–Crippen MR) is 153 cm³/mol. The fourth-order valence-electron chi connectivity index (χ4n) is 7.12. The van der Waals surface area contributed by atoms with Crippen LogP contribution in [0.5, 0.6) is 0 Å². The van der Waals surface area contributed by atoms with Crippen LogP contribution >= 0.6 is 0 Å². The van der Waals surface area contributed by atoms with Crippen LogP contribution in [0.1, 0.15) is 88.6 Å². The second-order valence-corrected chi connectivity index (χ2v) is 15.3. The molecule has 3 heterocycles. The Morgan fingerprint density at radius 3 is 2.50 bits per heavy atom. The lowest BCUT2D eigenvalue weighted by molar-refractivity contribution is -0.0152. The third kappa shape index (κ3) is 4.40. The molecule has 212 valence electrons. The van der Waals surface area contributed by atoms with Gasteiger partial charge in [-0.2, -0.15) is 0 Å². The van der Waals surface area contributed by atoms with E-state index in [0.29, 0.717) is 47.1 Å². The van der Waals surface area contributed by atoms with Crippen LogP contribution < -0.4 is 10.9 Å². The number of aryl methyl sites for hydroxylation is 1. The van der Waals surface area contributed by atoms with Crippen molar-refractivity contribution in [1.29, 1.82) is 0 Å². The van der Waals surface area contributed by atoms with Gasteiger partial charge in [0.25, 0.3) is 5.56 Å². The van der Waals surface area contributed by atoms with Crippen molar-refractivity contribution in [3.8, 4) is 11.4 Å². The quantitative estimate of drug-likeness (QED) is 0.406. The Morgan fingerprint density at radius 1 is 1.07 bits per heavy atom. The topological polar surface area (TPSA) is 133 Å². The standard InChI is InChI=1S/C29H37N7O3S/c1-4-40(38,39)21-11-29(12-21)9-18(10-29)13-30-26-28(37)36(17(3)19-5-6-19)27-22(34-26)14-31-25(35-27)23-16(2)32-15-33-24(23)20-7-8-20/h14-15,17-21H,4-13H2,1-3H3,(H,30,34)/t17-,18?,21?,29?/m0/s1. The first-order chi connectivity index (χ1) is 19.2. The summed E-state index contributed by atoms with van der Waals surface area (Å²) in [6, 6.07) is 0.0109. The van der Waals surface area contributed by atoms with E-state index in [-0.39, 0.29) is 28.0 Å². The van der Waals surface area contributed by atoms with Gasteiger partial charge in [0.2, 0.25) is 0 Å². The van der Waals surface area contributed by atoms with Gasteiger partial charge in [-0.05, 0) is 82.5 Å². The van der Waals surface area contributed by atoms with Gasteiger partial charge in [-0.25, -0.2) is 33.3 Å². The van der Waals surface area contributed by atoms with Crippen molar-refractivity contribution in [2.45, 2.75) is 89.3 Å². The van der Waals surface area contributed by atoms with Crippen LogP contribution in [0.3, 0.4) is 0 Å². The van der Waals surface area contributed by atoms with E-state index in [0.717, 1.165) is 68.3 Å². The lowest BCUT2D eigenvalue weighted by Crippen LogP contribution is -2.54. The number of nitrogens with zero attached hydrogens (tertiary/aromatic N) is 6. The number of rotatable bonds is 9. The van der Waals surface area contributed by atoms with Crippen LogP contribution in [0.15, 0.2) is 17.3 Å². The molecule has 0 amide bonds. The molecule has 4 aliphatic carbocycles. The number of hydrogen-bond acceptors (Lipinski definition) is 9. The maximum Gasteiger partial charge on any atom is 0.295 e. The van der Waals surface area contributed by atoms with Crippen LogP contribution in [-0.4, -0.2) is 55.5 Å². The molecule has 3 aromatic heterocycles. The van der Waals surface area contributed by atoms with Crippen molar-refractivity contribution in [3.63, 3.8) is 0 Å². The van der Waals surface area contributed by atoms with Crippen molar-refractivity contribution >= 4 is 26.8 Å². The van der Waals surface area contributed by atoms with Gasteiger partial charge in [-0.15, -0.1) is 0 Å². The van der Waals surface area contributed by atoms with E-state index in [1.165, 1.54) is 0 Å². The van der Waals surface area contributed by atoms with E-state index in [1.54, 1.807) is 19.4 Å². The smallest absolute Gasteiger partial charge is 0.295 e. The molecule has 0 radical (unpaired) electrons. The van der Waals surface area contributed by atoms with Gasteiger partial charge < -0.3 is 5.32 Å². The molecule has 4 fully saturated rings. The number of sulfone groups is 1. The minimum Gasteiger partial charge on any atom is -0.365 e. The molecule has 40 heavy (non-hydrogen) atoms. The van der Waals surface area contributed by atoms with Crippen LogP contribution in [0, 0.1) is 24.2 Å². The Morgan fingerprint density at radius 2 is 1.82 bits per heavy atom. The molecule has 7 rings (SSSR count). The minimum absolute atomic E-state index is 0.0109. The summed E-state index contributed by atoms with van der Waals surface area (Å²) < 4.78 is 26.2. The highest BCUT2D eigenvalue weighted by molar-refractivity contribution is 7.92. The fraction of sp³-hybridized carbons (Fsp3) is 0.655. The number of aromatic nitrogens is 6. The van der Waals surface area contributed by atoms with E-state index in [4.69, 9.17) is 9.97 Å². The zero-order chi connectivity index (χ0) is 27.8. The Balaban J connectivity index is 1.15. The van der Waals surface area contributed by atoms with E-state index in [1.807, 2.05) is 11.5 Å². The highest BCUT2D eigenvalue weighted by Crippen LogP contribution is 2.60. The van der Waals surface area contributed by atoms with Crippen LogP contribution in [0.4, 0.5) is 5.82 Å². The summed E-state index contributed by atoms with van der Waals surface area (Å²) >= 11 is 0. The molecule has 11 heteroatoms. The summed E-state index contributed by atoms with van der Waals surface area (Å²) in [4.78, 5) is 37.1. The molecule has 1 N–H and O–H groups in total. The van der Waals surface area contributed by atoms with Gasteiger partial charge in [0.1, 0.15) is 11.8 Å². The zero-order valence-corrected chi connectivity index (χ0v) is 24.2. The first kappa shape index (κ1) is 26.0. The first-order valence-corrected chi connectivity index (χ1v) is 16.5. The van der Waals surface area contributed by atoms with E-state index in [9.17, 15) is 13.2 Å². The summed E-state index contributed by atoms with van der Waals surface area (Å²) in [7, 11) is -2.94. The number of fused-ring (bicyclic) bond motifs is 1. The third-order valence-corrected chi connectivity index (χ3v) is 12.0. The Labute approximate surface area is 234 Å². The van der Waals surface area contributed by atoms with Crippen molar-refractivity contribution in [2.24, 2.45) is 17.3 Å². The first-order valence-electron chi connectivity index (χ1n) is 14.7. The monoisotopic (exact) mass is 563 g/mol. The highest BCUT2D eigenvalue weighted by Gasteiger charge is 2.55. The second-order valence-electron chi connectivity index (χ2n) is 12.7. The Hall–Kier alpha value is -2.95. The van der Waals surface area contributed by atoms with Crippen molar-refractivity contribution in [1.82, 2.24) is 29.5 Å². The fourth-order valence-corrected chi connectivity index (χ4v) is 8.80. The number of anilines is 1. The summed E-state index contributed by atoms with van der Waals surface area (Å²) in [6.07, 6.45) is 11.3. The lowest BCUT2D eigenvalue weighted by atomic mass is 9.51. The highest BCUT2D eigenvalue weighted by atomic mass is 32.2. The molecule has 0 aliphatic heterocycles. The summed E-state index contributed by atoms with van der Waals surface area (Å²) in [5.74, 6) is 2.41. The van der Waals surface area contributed by atoms with Crippen molar-refractivity contribution in [2.75, 3.05) is 17.6 Å². The maximum atomic E-state index is 13.8. The molecule has 10 nitrogen and oxygen atoms in total. The molecular formula is C29H37N7O3S. The van der Waals surface area contributed by atoms with Gasteiger partial charge in [0, 0.05) is 24.3 Å². The molecule has 4 saturated carbocycles. The number of nitrogens with one attached hydrogen (secondary N) is 1. The Bertz CT molecular complexity index is 1650. The number of hydrogen-bond donors (Lipinski definition) is 1. The predicted octanol–water partition coefficient (Wildman–Crippen LogP) is 4.21. The summed E-state index contributed by atoms with van der Waals surface area (Å²) in [5.41, 5.74) is 3.89. The third-order valence-electron chi connectivity index (χ3n) is 9.83. The molecule has 4 aliphatic rings. The largest absolute Gasteiger partial charge is 0.365 e. The lowest BCUT2D eigenvalue weighted by Gasteiger charge is -2.57. The van der Waals surface area contributed by atoms with E-state index < -0.39 is 9.84 Å². The minimum atomic E-state index is -2.94. The second kappa shape index (κ2) is 9.29. The van der Waals surface area contributed by atoms with E-state index >= 15 is 0 Å². The molecule has 0 saturated heterocycles. The van der Waals surface area contributed by atoms with Gasteiger partial charge in [0.05, 0.1) is 28.4 Å². The average Bonchev–Trinajstić information content (AvgIpc) is 3.80.